The molecule has 1 heteroatoms. The second-order valence-corrected chi connectivity index (χ2v) is 6.68. The summed E-state index contributed by atoms with van der Waals surface area (Å²) in [7, 11) is 0. The van der Waals surface area contributed by atoms with Crippen LogP contribution in [0.3, 0.4) is 0 Å². The number of hydrogen-bond donors (Lipinski definition) is 0. The number of fused-ring (bicyclic) bond motifs is 1. The first-order valence-corrected chi connectivity index (χ1v) is 7.77. The summed E-state index contributed by atoms with van der Waals surface area (Å²) < 4.78 is 2.91. The summed E-state index contributed by atoms with van der Waals surface area (Å²) in [4.78, 5) is 0. The maximum absolute atomic E-state index is 2.27. The van der Waals surface area contributed by atoms with E-state index in [0.717, 1.165) is 0 Å². The fourth-order valence-corrected chi connectivity index (χ4v) is 4.44. The summed E-state index contributed by atoms with van der Waals surface area (Å²) in [6.45, 7) is 2.20. The molecule has 0 nitrogen and oxygen atoms in total. The molecule has 0 unspecified atom stereocenters. The van der Waals surface area contributed by atoms with Gasteiger partial charge in [0.2, 0.25) is 0 Å². The molecule has 0 amide bonds. The van der Waals surface area contributed by atoms with Crippen LogP contribution in [0.25, 0.3) is 10.8 Å². The molecule has 0 bridgehead atoms. The number of aryl methyl sites for hydroxylation is 1. The summed E-state index contributed by atoms with van der Waals surface area (Å²) in [5, 5.41) is 2.79. The van der Waals surface area contributed by atoms with Crippen LogP contribution in [0, 0.1) is 6.92 Å². The van der Waals surface area contributed by atoms with Gasteiger partial charge in [-0.1, -0.05) is 0 Å². The zero-order valence-corrected chi connectivity index (χ0v) is 12.0. The minimum absolute atomic E-state index is 0.382. The Balaban J connectivity index is 2.12. The van der Waals surface area contributed by atoms with Crippen molar-refractivity contribution in [3.63, 3.8) is 0 Å². The van der Waals surface area contributed by atoms with Crippen LogP contribution in [-0.2, 0) is 0 Å². The van der Waals surface area contributed by atoms with E-state index < -0.39 is 0 Å². The molecule has 3 aromatic rings. The summed E-state index contributed by atoms with van der Waals surface area (Å²) >= 11 is 0.382. The summed E-state index contributed by atoms with van der Waals surface area (Å²) in [6, 6.07) is 23.9. The Morgan fingerprint density at radius 3 is 2.22 bits per heavy atom. The molecule has 0 heterocycles. The van der Waals surface area contributed by atoms with Crippen LogP contribution >= 0.6 is 0 Å². The van der Waals surface area contributed by atoms with Crippen molar-refractivity contribution >= 4 is 34.7 Å². The van der Waals surface area contributed by atoms with Crippen molar-refractivity contribution in [2.45, 2.75) is 6.92 Å². The second kappa shape index (κ2) is 4.97. The molecule has 0 aliphatic rings. The van der Waals surface area contributed by atoms with E-state index in [2.05, 4.69) is 73.7 Å². The molecule has 0 saturated heterocycles. The second-order valence-electron chi connectivity index (χ2n) is 4.34. The molecule has 3 aromatic carbocycles. The summed E-state index contributed by atoms with van der Waals surface area (Å²) in [5.74, 6) is 0. The van der Waals surface area contributed by atoms with Crippen LogP contribution < -0.4 is 8.92 Å². The van der Waals surface area contributed by atoms with E-state index in [-0.39, 0.29) is 0 Å². The molecule has 0 atom stereocenters. The average Bonchev–Trinajstić information content (AvgIpc) is 2.40. The van der Waals surface area contributed by atoms with Gasteiger partial charge in [0.1, 0.15) is 0 Å². The number of benzene rings is 3. The summed E-state index contributed by atoms with van der Waals surface area (Å²) in [5.41, 5.74) is 1.38. The Morgan fingerprint density at radius 1 is 0.722 bits per heavy atom. The predicted molar refractivity (Wildman–Crippen MR) is 80.1 cm³/mol. The standard InChI is InChI=1S/C17H14Se/c1-13-7-5-8-14-9-6-12-16(17(13)14)18-15-10-3-2-4-11-15/h2-12H,1H3. The van der Waals surface area contributed by atoms with Crippen molar-refractivity contribution < 1.29 is 0 Å². The average molecular weight is 297 g/mol. The molecule has 0 aliphatic carbocycles. The third-order valence-corrected chi connectivity index (χ3v) is 5.29. The molecule has 3 rings (SSSR count). The van der Waals surface area contributed by atoms with Gasteiger partial charge in [-0.2, -0.15) is 0 Å². The SMILES string of the molecule is Cc1cccc2cccc([Se]c3ccccc3)c12. The van der Waals surface area contributed by atoms with Gasteiger partial charge < -0.3 is 0 Å². The van der Waals surface area contributed by atoms with E-state index in [9.17, 15) is 0 Å². The molecular weight excluding hydrogens is 283 g/mol. The van der Waals surface area contributed by atoms with Crippen molar-refractivity contribution in [2.75, 3.05) is 0 Å². The Kier molecular flexibility index (Phi) is 3.18. The molecule has 0 aliphatic heterocycles. The van der Waals surface area contributed by atoms with Crippen molar-refractivity contribution in [1.29, 1.82) is 0 Å². The Labute approximate surface area is 114 Å². The van der Waals surface area contributed by atoms with E-state index in [0.29, 0.717) is 15.0 Å². The van der Waals surface area contributed by atoms with E-state index >= 15 is 0 Å². The zero-order chi connectivity index (χ0) is 12.4. The zero-order valence-electron chi connectivity index (χ0n) is 10.3. The fourth-order valence-electron chi connectivity index (χ4n) is 2.19. The molecule has 0 radical (unpaired) electrons. The van der Waals surface area contributed by atoms with Gasteiger partial charge in [-0.15, -0.1) is 0 Å². The fraction of sp³-hybridized carbons (Fsp3) is 0.0588. The van der Waals surface area contributed by atoms with Gasteiger partial charge in [0, 0.05) is 0 Å². The van der Waals surface area contributed by atoms with Gasteiger partial charge in [-0.05, 0) is 0 Å². The van der Waals surface area contributed by atoms with E-state index in [1.165, 1.54) is 25.3 Å². The first-order valence-electron chi connectivity index (χ1n) is 6.06. The molecule has 0 saturated carbocycles. The van der Waals surface area contributed by atoms with Crippen molar-refractivity contribution in [1.82, 2.24) is 0 Å². The minimum atomic E-state index is 0.382. The summed E-state index contributed by atoms with van der Waals surface area (Å²) in [6.07, 6.45) is 0. The number of rotatable bonds is 2. The maximum atomic E-state index is 2.27. The van der Waals surface area contributed by atoms with Crippen LogP contribution in [0.5, 0.6) is 0 Å². The topological polar surface area (TPSA) is 0 Å². The van der Waals surface area contributed by atoms with E-state index in [4.69, 9.17) is 0 Å². The molecule has 88 valence electrons. The van der Waals surface area contributed by atoms with Crippen LogP contribution in [0.4, 0.5) is 0 Å². The monoisotopic (exact) mass is 298 g/mol. The third kappa shape index (κ3) is 2.20. The quantitative estimate of drug-likeness (QED) is 0.638. The van der Waals surface area contributed by atoms with Crippen LogP contribution in [0.1, 0.15) is 5.56 Å². The van der Waals surface area contributed by atoms with Gasteiger partial charge in [0.25, 0.3) is 0 Å². The third-order valence-electron chi connectivity index (χ3n) is 3.05. The van der Waals surface area contributed by atoms with E-state index in [1.807, 2.05) is 0 Å². The van der Waals surface area contributed by atoms with Gasteiger partial charge in [-0.3, -0.25) is 0 Å². The van der Waals surface area contributed by atoms with Crippen molar-refractivity contribution in [3.8, 4) is 0 Å². The van der Waals surface area contributed by atoms with E-state index in [1.54, 1.807) is 0 Å². The normalized spacial score (nSPS) is 10.7. The predicted octanol–water partition coefficient (Wildman–Crippen LogP) is 2.80. The van der Waals surface area contributed by atoms with Gasteiger partial charge in [0.15, 0.2) is 0 Å². The van der Waals surface area contributed by atoms with Crippen molar-refractivity contribution in [2.24, 2.45) is 0 Å². The van der Waals surface area contributed by atoms with Crippen LogP contribution in [0.15, 0.2) is 66.7 Å². The van der Waals surface area contributed by atoms with Crippen molar-refractivity contribution in [3.05, 3.63) is 72.3 Å². The molecule has 0 N–H and O–H groups in total. The Morgan fingerprint density at radius 2 is 1.44 bits per heavy atom. The molecule has 0 fully saturated rings. The molecule has 18 heavy (non-hydrogen) atoms. The van der Waals surface area contributed by atoms with Crippen LogP contribution in [-0.4, -0.2) is 15.0 Å². The Bertz CT molecular complexity index is 666. The number of hydrogen-bond acceptors (Lipinski definition) is 0. The molecule has 0 spiro atoms. The van der Waals surface area contributed by atoms with Gasteiger partial charge in [0.05, 0.1) is 0 Å². The first kappa shape index (κ1) is 11.5. The Hall–Kier alpha value is -1.56. The first-order chi connectivity index (χ1) is 8.84. The molecule has 0 aromatic heterocycles. The van der Waals surface area contributed by atoms with Gasteiger partial charge >= 0.3 is 114 Å². The van der Waals surface area contributed by atoms with Crippen LogP contribution in [0.2, 0.25) is 0 Å². The molecular formula is C17H14Se. The van der Waals surface area contributed by atoms with Gasteiger partial charge in [-0.25, -0.2) is 0 Å².